The highest BCUT2D eigenvalue weighted by Gasteiger charge is 2.30. The van der Waals surface area contributed by atoms with E-state index in [1.807, 2.05) is 24.4 Å². The van der Waals surface area contributed by atoms with Crippen LogP contribution in [0, 0.1) is 6.92 Å². The number of oxazole rings is 1. The van der Waals surface area contributed by atoms with Crippen LogP contribution in [0.3, 0.4) is 0 Å². The van der Waals surface area contributed by atoms with Gasteiger partial charge in [0.25, 0.3) is 0 Å². The van der Waals surface area contributed by atoms with E-state index >= 15 is 0 Å². The predicted molar refractivity (Wildman–Crippen MR) is 146 cm³/mol. The number of esters is 1. The number of para-hydroxylation sites is 1. The van der Waals surface area contributed by atoms with Crippen LogP contribution >= 0.6 is 11.3 Å². The van der Waals surface area contributed by atoms with Crippen molar-refractivity contribution in [3.8, 4) is 16.5 Å². The summed E-state index contributed by atoms with van der Waals surface area (Å²) < 4.78 is 45.8. The van der Waals surface area contributed by atoms with Gasteiger partial charge < -0.3 is 13.9 Å². The quantitative estimate of drug-likeness (QED) is 0.226. The second kappa shape index (κ2) is 12.2. The molecule has 0 unspecified atom stereocenters. The summed E-state index contributed by atoms with van der Waals surface area (Å²) >= 11 is 1.55. The van der Waals surface area contributed by atoms with Crippen molar-refractivity contribution in [2.45, 2.75) is 27.0 Å². The molecule has 0 aliphatic rings. The van der Waals surface area contributed by atoms with Gasteiger partial charge >= 0.3 is 16.2 Å². The largest absolute Gasteiger partial charge is 0.487 e. The van der Waals surface area contributed by atoms with Crippen LogP contribution in [0.5, 0.6) is 5.75 Å². The Bertz CT molecular complexity index is 1440. The third kappa shape index (κ3) is 6.60. The Hall–Kier alpha value is -3.67. The number of ether oxygens (including phenoxy) is 2. The number of benzene rings is 2. The lowest BCUT2D eigenvalue weighted by Crippen LogP contribution is -2.44. The summed E-state index contributed by atoms with van der Waals surface area (Å²) in [5, 5.41) is 1.96. The van der Waals surface area contributed by atoms with Crippen molar-refractivity contribution in [2.24, 2.45) is 0 Å². The Morgan fingerprint density at radius 3 is 2.45 bits per heavy atom. The number of nitrogens with zero attached hydrogens (tertiary/aromatic N) is 3. The van der Waals surface area contributed by atoms with Gasteiger partial charge in [-0.05, 0) is 55.1 Å². The molecule has 9 nitrogen and oxygen atoms in total. The van der Waals surface area contributed by atoms with E-state index in [4.69, 9.17) is 13.9 Å². The van der Waals surface area contributed by atoms with Gasteiger partial charge in [0.05, 0.1) is 17.2 Å². The molecule has 0 N–H and O–H groups in total. The summed E-state index contributed by atoms with van der Waals surface area (Å²) in [6, 6.07) is 19.6. The van der Waals surface area contributed by atoms with Crippen molar-refractivity contribution < 1.29 is 27.1 Å². The number of carbonyl (C=O) groups is 1. The van der Waals surface area contributed by atoms with Crippen molar-refractivity contribution in [1.29, 1.82) is 0 Å². The number of thiophene rings is 1. The van der Waals surface area contributed by atoms with Gasteiger partial charge in [0.1, 0.15) is 30.4 Å². The Morgan fingerprint density at radius 1 is 1.05 bits per heavy atom. The summed E-state index contributed by atoms with van der Waals surface area (Å²) in [5.74, 6) is 1.22. The fourth-order valence-electron chi connectivity index (χ4n) is 3.63. The van der Waals surface area contributed by atoms with Crippen molar-refractivity contribution in [2.75, 3.05) is 24.5 Å². The van der Waals surface area contributed by atoms with E-state index in [1.54, 1.807) is 72.9 Å². The minimum absolute atomic E-state index is 0.0226. The first kappa shape index (κ1) is 27.4. The summed E-state index contributed by atoms with van der Waals surface area (Å²) in [6.07, 6.45) is 0. The smallest absolute Gasteiger partial charge is 0.321 e. The van der Waals surface area contributed by atoms with Gasteiger partial charge in [-0.2, -0.15) is 12.7 Å². The highest BCUT2D eigenvalue weighted by atomic mass is 32.2. The fraction of sp³-hybridized carbons (Fsp3) is 0.259. The molecule has 11 heteroatoms. The third-order valence-corrected chi connectivity index (χ3v) is 8.36. The van der Waals surface area contributed by atoms with Crippen LogP contribution in [0.4, 0.5) is 5.69 Å². The highest BCUT2D eigenvalue weighted by Crippen LogP contribution is 2.27. The molecule has 38 heavy (non-hydrogen) atoms. The minimum atomic E-state index is -4.03. The number of aromatic nitrogens is 1. The molecular formula is C27H29N3O6S2. The zero-order valence-corrected chi connectivity index (χ0v) is 23.0. The summed E-state index contributed by atoms with van der Waals surface area (Å²) in [4.78, 5) is 17.7. The monoisotopic (exact) mass is 555 g/mol. The Morgan fingerprint density at radius 2 is 1.79 bits per heavy atom. The van der Waals surface area contributed by atoms with Gasteiger partial charge in [0, 0.05) is 13.6 Å². The fourth-order valence-corrected chi connectivity index (χ4v) is 5.59. The summed E-state index contributed by atoms with van der Waals surface area (Å²) in [6.45, 7) is 3.47. The average Bonchev–Trinajstić information content (AvgIpc) is 3.58. The van der Waals surface area contributed by atoms with Crippen LogP contribution in [-0.4, -0.2) is 43.9 Å². The maximum atomic E-state index is 13.4. The van der Waals surface area contributed by atoms with E-state index in [0.717, 1.165) is 13.5 Å². The first-order valence-electron chi connectivity index (χ1n) is 11.9. The molecule has 0 atom stereocenters. The van der Waals surface area contributed by atoms with Crippen LogP contribution in [0.2, 0.25) is 0 Å². The lowest BCUT2D eigenvalue weighted by atomic mass is 10.2. The summed E-state index contributed by atoms with van der Waals surface area (Å²) in [7, 11) is -2.57. The van der Waals surface area contributed by atoms with Crippen molar-refractivity contribution >= 4 is 33.2 Å². The molecule has 0 saturated heterocycles. The Balaban J connectivity index is 1.45. The molecule has 4 rings (SSSR count). The number of rotatable bonds is 12. The zero-order valence-electron chi connectivity index (χ0n) is 21.4. The van der Waals surface area contributed by atoms with Gasteiger partial charge in [-0.25, -0.2) is 4.98 Å². The molecule has 0 bridgehead atoms. The third-order valence-electron chi connectivity index (χ3n) is 5.69. The van der Waals surface area contributed by atoms with Gasteiger partial charge in [0.2, 0.25) is 5.89 Å². The topological polar surface area (TPSA) is 102 Å². The van der Waals surface area contributed by atoms with Crippen LogP contribution < -0.4 is 9.04 Å². The Kier molecular flexibility index (Phi) is 8.82. The molecule has 2 aromatic carbocycles. The molecule has 0 radical (unpaired) electrons. The van der Waals surface area contributed by atoms with Gasteiger partial charge in [-0.1, -0.05) is 36.4 Å². The van der Waals surface area contributed by atoms with E-state index in [0.29, 0.717) is 34.3 Å². The molecule has 0 spiro atoms. The molecule has 0 saturated carbocycles. The molecule has 0 aliphatic carbocycles. The lowest BCUT2D eigenvalue weighted by Gasteiger charge is -2.28. The Labute approximate surface area is 226 Å². The highest BCUT2D eigenvalue weighted by molar-refractivity contribution is 7.90. The first-order chi connectivity index (χ1) is 18.3. The van der Waals surface area contributed by atoms with Gasteiger partial charge in [0.15, 0.2) is 0 Å². The van der Waals surface area contributed by atoms with Crippen LogP contribution in [0.15, 0.2) is 76.5 Å². The molecule has 2 heterocycles. The maximum absolute atomic E-state index is 13.4. The van der Waals surface area contributed by atoms with E-state index in [2.05, 4.69) is 4.98 Å². The number of hydrogen-bond donors (Lipinski definition) is 0. The minimum Gasteiger partial charge on any atom is -0.487 e. The second-order valence-corrected chi connectivity index (χ2v) is 11.2. The molecular weight excluding hydrogens is 526 g/mol. The van der Waals surface area contributed by atoms with Gasteiger partial charge in [-0.15, -0.1) is 11.3 Å². The standard InChI is InChI=1S/C27H29N3O6S2/c1-4-34-26(31)18-30(38(32,33)29(3)22-9-6-5-7-10-22)17-21-12-14-23(15-13-21)35-19-24-20(2)36-27(28-24)25-11-8-16-37-25/h5-16H,4,17-19H2,1-3H3. The maximum Gasteiger partial charge on any atom is 0.321 e. The van der Waals surface area contributed by atoms with Crippen LogP contribution in [0.25, 0.3) is 10.8 Å². The lowest BCUT2D eigenvalue weighted by molar-refractivity contribution is -0.143. The molecule has 0 fully saturated rings. The number of hydrogen-bond acceptors (Lipinski definition) is 8. The van der Waals surface area contributed by atoms with E-state index < -0.39 is 22.7 Å². The summed E-state index contributed by atoms with van der Waals surface area (Å²) in [5.41, 5.74) is 1.87. The van der Waals surface area contributed by atoms with Crippen LogP contribution in [0.1, 0.15) is 23.9 Å². The molecule has 4 aromatic rings. The molecule has 0 amide bonds. The van der Waals surface area contributed by atoms with Crippen molar-refractivity contribution in [1.82, 2.24) is 9.29 Å². The molecule has 0 aliphatic heterocycles. The molecule has 2 aromatic heterocycles. The van der Waals surface area contributed by atoms with E-state index in [1.165, 1.54) is 7.05 Å². The number of carbonyl (C=O) groups excluding carboxylic acids is 1. The zero-order chi connectivity index (χ0) is 27.1. The van der Waals surface area contributed by atoms with Crippen molar-refractivity contribution in [3.05, 3.63) is 89.1 Å². The van der Waals surface area contributed by atoms with Crippen molar-refractivity contribution in [3.63, 3.8) is 0 Å². The van der Waals surface area contributed by atoms with Crippen LogP contribution in [-0.2, 0) is 32.9 Å². The van der Waals surface area contributed by atoms with E-state index in [9.17, 15) is 13.2 Å². The molecule has 200 valence electrons. The number of aryl methyl sites for hydroxylation is 1. The normalized spacial score (nSPS) is 11.5. The SMILES string of the molecule is CCOC(=O)CN(Cc1ccc(OCc2nc(-c3cccs3)oc2C)cc1)S(=O)(=O)N(C)c1ccccc1. The first-order valence-corrected chi connectivity index (χ1v) is 14.2. The second-order valence-electron chi connectivity index (χ2n) is 8.32. The number of anilines is 1. The average molecular weight is 556 g/mol. The van der Waals surface area contributed by atoms with E-state index in [-0.39, 0.29) is 19.8 Å². The predicted octanol–water partition coefficient (Wildman–Crippen LogP) is 5.04. The van der Waals surface area contributed by atoms with Gasteiger partial charge in [-0.3, -0.25) is 9.10 Å².